The molecular formula is C12H18Br2ClNO. The number of hydrogen-bond donors (Lipinski definition) is 2. The molecule has 0 aliphatic carbocycles. The Kier molecular flexibility index (Phi) is 8.47. The zero-order valence-electron chi connectivity index (χ0n) is 9.75. The van der Waals surface area contributed by atoms with E-state index in [2.05, 4.69) is 38.8 Å². The van der Waals surface area contributed by atoms with Crippen LogP contribution in [0.1, 0.15) is 44.2 Å². The number of rotatable bonds is 5. The maximum absolute atomic E-state index is 9.90. The lowest BCUT2D eigenvalue weighted by molar-refractivity contribution is 0.452. The maximum Gasteiger partial charge on any atom is 0.134 e. The highest BCUT2D eigenvalue weighted by Gasteiger charge is 2.13. The van der Waals surface area contributed by atoms with E-state index in [4.69, 9.17) is 5.73 Å². The molecule has 1 rings (SSSR count). The SMILES string of the molecule is CCCCC[C@@H](N)c1cc(Br)cc(Br)c1O.Cl. The summed E-state index contributed by atoms with van der Waals surface area (Å²) in [6.45, 7) is 2.17. The molecule has 0 saturated carbocycles. The Balaban J connectivity index is 0.00000256. The van der Waals surface area contributed by atoms with Gasteiger partial charge in [-0.05, 0) is 34.5 Å². The molecule has 0 saturated heterocycles. The molecule has 0 fully saturated rings. The third-order valence-corrected chi connectivity index (χ3v) is 3.64. The van der Waals surface area contributed by atoms with E-state index in [0.717, 1.165) is 22.9 Å². The van der Waals surface area contributed by atoms with Crippen LogP contribution in [0, 0.1) is 0 Å². The summed E-state index contributed by atoms with van der Waals surface area (Å²) in [7, 11) is 0. The van der Waals surface area contributed by atoms with E-state index in [9.17, 15) is 5.11 Å². The Morgan fingerprint density at radius 1 is 1.29 bits per heavy atom. The summed E-state index contributed by atoms with van der Waals surface area (Å²) in [5.41, 5.74) is 6.88. The maximum atomic E-state index is 9.90. The van der Waals surface area contributed by atoms with Crippen LogP contribution in [0.4, 0.5) is 0 Å². The van der Waals surface area contributed by atoms with Crippen molar-refractivity contribution in [3.63, 3.8) is 0 Å². The van der Waals surface area contributed by atoms with Gasteiger partial charge in [-0.1, -0.05) is 42.1 Å². The summed E-state index contributed by atoms with van der Waals surface area (Å²) in [5.74, 6) is 0.257. The van der Waals surface area contributed by atoms with Crippen LogP contribution in [-0.2, 0) is 0 Å². The van der Waals surface area contributed by atoms with Gasteiger partial charge in [-0.2, -0.15) is 0 Å². The number of benzene rings is 1. The first-order valence-electron chi connectivity index (χ1n) is 5.49. The Labute approximate surface area is 126 Å². The highest BCUT2D eigenvalue weighted by Crippen LogP contribution is 2.35. The summed E-state index contributed by atoms with van der Waals surface area (Å²) >= 11 is 6.71. The van der Waals surface area contributed by atoms with E-state index in [0.29, 0.717) is 4.47 Å². The molecule has 1 aromatic carbocycles. The molecule has 1 aromatic rings. The Hall–Kier alpha value is 0.230. The van der Waals surface area contributed by atoms with E-state index in [1.54, 1.807) is 0 Å². The number of phenolic OH excluding ortho intramolecular Hbond substituents is 1. The minimum absolute atomic E-state index is 0. The molecule has 98 valence electrons. The summed E-state index contributed by atoms with van der Waals surface area (Å²) < 4.78 is 1.61. The molecular weight excluding hydrogens is 369 g/mol. The molecule has 0 aromatic heterocycles. The lowest BCUT2D eigenvalue weighted by atomic mass is 10.0. The number of nitrogens with two attached hydrogens (primary N) is 1. The van der Waals surface area contributed by atoms with Crippen molar-refractivity contribution >= 4 is 44.3 Å². The van der Waals surface area contributed by atoms with Gasteiger partial charge < -0.3 is 10.8 Å². The van der Waals surface area contributed by atoms with Gasteiger partial charge in [-0.3, -0.25) is 0 Å². The molecule has 3 N–H and O–H groups in total. The van der Waals surface area contributed by atoms with Gasteiger partial charge in [0.25, 0.3) is 0 Å². The predicted octanol–water partition coefficient (Wildman–Crippen LogP) is 4.92. The Bertz CT molecular complexity index is 361. The van der Waals surface area contributed by atoms with E-state index in [-0.39, 0.29) is 24.2 Å². The minimum atomic E-state index is -0.0969. The summed E-state index contributed by atoms with van der Waals surface area (Å²) in [4.78, 5) is 0. The van der Waals surface area contributed by atoms with Crippen molar-refractivity contribution in [2.75, 3.05) is 0 Å². The van der Waals surface area contributed by atoms with E-state index >= 15 is 0 Å². The Morgan fingerprint density at radius 2 is 1.94 bits per heavy atom. The van der Waals surface area contributed by atoms with Gasteiger partial charge in [0.05, 0.1) is 4.47 Å². The van der Waals surface area contributed by atoms with Crippen molar-refractivity contribution in [3.05, 3.63) is 26.6 Å². The van der Waals surface area contributed by atoms with Crippen LogP contribution in [0.5, 0.6) is 5.75 Å². The molecule has 0 heterocycles. The highest BCUT2D eigenvalue weighted by atomic mass is 79.9. The van der Waals surface area contributed by atoms with Gasteiger partial charge in [-0.15, -0.1) is 12.4 Å². The minimum Gasteiger partial charge on any atom is -0.506 e. The fourth-order valence-electron chi connectivity index (χ4n) is 1.64. The summed E-state index contributed by atoms with van der Waals surface area (Å²) in [6.07, 6.45) is 4.37. The van der Waals surface area contributed by atoms with Gasteiger partial charge in [0.2, 0.25) is 0 Å². The van der Waals surface area contributed by atoms with Gasteiger partial charge >= 0.3 is 0 Å². The standard InChI is InChI=1S/C12H17Br2NO.ClH/c1-2-3-4-5-11(15)9-6-8(13)7-10(14)12(9)16;/h6-7,11,16H,2-5,15H2,1H3;1H/t11-;/m1./s1. The zero-order valence-corrected chi connectivity index (χ0v) is 13.7. The lowest BCUT2D eigenvalue weighted by Gasteiger charge is -2.15. The van der Waals surface area contributed by atoms with Gasteiger partial charge in [0.1, 0.15) is 5.75 Å². The van der Waals surface area contributed by atoms with Crippen molar-refractivity contribution in [1.29, 1.82) is 0 Å². The zero-order chi connectivity index (χ0) is 12.1. The van der Waals surface area contributed by atoms with Crippen LogP contribution in [0.3, 0.4) is 0 Å². The summed E-state index contributed by atoms with van der Waals surface area (Å²) in [5, 5.41) is 9.90. The third-order valence-electron chi connectivity index (χ3n) is 2.58. The highest BCUT2D eigenvalue weighted by molar-refractivity contribution is 9.11. The van der Waals surface area contributed by atoms with Crippen LogP contribution in [0.25, 0.3) is 0 Å². The van der Waals surface area contributed by atoms with Crippen LogP contribution < -0.4 is 5.73 Å². The molecule has 0 bridgehead atoms. The molecule has 17 heavy (non-hydrogen) atoms. The topological polar surface area (TPSA) is 46.2 Å². The van der Waals surface area contributed by atoms with Gasteiger partial charge in [0.15, 0.2) is 0 Å². The molecule has 5 heteroatoms. The van der Waals surface area contributed by atoms with Crippen molar-refractivity contribution in [2.45, 2.75) is 38.6 Å². The largest absolute Gasteiger partial charge is 0.506 e. The molecule has 0 aliphatic heterocycles. The molecule has 0 amide bonds. The second-order valence-electron chi connectivity index (χ2n) is 3.93. The number of hydrogen-bond acceptors (Lipinski definition) is 2. The first kappa shape index (κ1) is 17.2. The van der Waals surface area contributed by atoms with Crippen LogP contribution in [0.2, 0.25) is 0 Å². The smallest absolute Gasteiger partial charge is 0.134 e. The average Bonchev–Trinajstić information content (AvgIpc) is 2.23. The van der Waals surface area contributed by atoms with Gasteiger partial charge in [0, 0.05) is 16.1 Å². The van der Waals surface area contributed by atoms with Gasteiger partial charge in [-0.25, -0.2) is 0 Å². The first-order valence-corrected chi connectivity index (χ1v) is 7.08. The van der Waals surface area contributed by atoms with Crippen molar-refractivity contribution in [2.24, 2.45) is 5.73 Å². The average molecular weight is 388 g/mol. The molecule has 0 spiro atoms. The number of halogens is 3. The fourth-order valence-corrected chi connectivity index (χ4v) is 2.90. The second-order valence-corrected chi connectivity index (χ2v) is 5.70. The molecule has 0 radical (unpaired) electrons. The van der Waals surface area contributed by atoms with Crippen LogP contribution in [-0.4, -0.2) is 5.11 Å². The molecule has 2 nitrogen and oxygen atoms in total. The van der Waals surface area contributed by atoms with Crippen molar-refractivity contribution in [1.82, 2.24) is 0 Å². The van der Waals surface area contributed by atoms with Crippen molar-refractivity contribution < 1.29 is 5.11 Å². The van der Waals surface area contributed by atoms with Crippen molar-refractivity contribution in [3.8, 4) is 5.75 Å². The monoisotopic (exact) mass is 385 g/mol. The normalized spacial score (nSPS) is 12.0. The fraction of sp³-hybridized carbons (Fsp3) is 0.500. The number of unbranched alkanes of at least 4 members (excludes halogenated alkanes) is 2. The lowest BCUT2D eigenvalue weighted by Crippen LogP contribution is -2.10. The van der Waals surface area contributed by atoms with E-state index < -0.39 is 0 Å². The van der Waals surface area contributed by atoms with Crippen LogP contribution >= 0.6 is 44.3 Å². The molecule has 0 aliphatic rings. The Morgan fingerprint density at radius 3 is 2.53 bits per heavy atom. The molecule has 0 unspecified atom stereocenters. The predicted molar refractivity (Wildman–Crippen MR) is 81.8 cm³/mol. The second kappa shape index (κ2) is 8.35. The third kappa shape index (κ3) is 5.16. The first-order chi connectivity index (χ1) is 7.56. The van der Waals surface area contributed by atoms with E-state index in [1.807, 2.05) is 12.1 Å². The quantitative estimate of drug-likeness (QED) is 0.705. The summed E-state index contributed by atoms with van der Waals surface area (Å²) in [6, 6.07) is 3.61. The van der Waals surface area contributed by atoms with E-state index in [1.165, 1.54) is 12.8 Å². The number of phenols is 1. The molecule has 1 atom stereocenters. The van der Waals surface area contributed by atoms with Crippen LogP contribution in [0.15, 0.2) is 21.1 Å². The number of aromatic hydroxyl groups is 1.